The van der Waals surface area contributed by atoms with Gasteiger partial charge in [0.1, 0.15) is 10.3 Å². The number of fused-ring (bicyclic) bond motifs is 1. The van der Waals surface area contributed by atoms with E-state index in [-0.39, 0.29) is 16.2 Å². The lowest BCUT2D eigenvalue weighted by Crippen LogP contribution is -2.54. The average Bonchev–Trinajstić information content (AvgIpc) is 3.61. The van der Waals surface area contributed by atoms with Gasteiger partial charge in [-0.3, -0.25) is 9.69 Å². The van der Waals surface area contributed by atoms with E-state index in [0.717, 1.165) is 41.5 Å². The molecule has 11 heteroatoms. The number of aromatic nitrogens is 1. The van der Waals surface area contributed by atoms with Crippen LogP contribution in [0.2, 0.25) is 5.02 Å². The van der Waals surface area contributed by atoms with Gasteiger partial charge in [-0.2, -0.15) is 4.31 Å². The third-order valence-electron chi connectivity index (χ3n) is 6.39. The molecule has 7 nitrogen and oxygen atoms in total. The number of amides is 1. The van der Waals surface area contributed by atoms with Crippen LogP contribution in [0.3, 0.4) is 0 Å². The molecule has 4 heterocycles. The van der Waals surface area contributed by atoms with Crippen LogP contribution in [-0.4, -0.2) is 55.5 Å². The molecule has 1 amide bonds. The van der Waals surface area contributed by atoms with Crippen molar-refractivity contribution in [3.63, 3.8) is 0 Å². The smallest absolute Gasteiger partial charge is 0.253 e. The summed E-state index contributed by atoms with van der Waals surface area (Å²) in [6.07, 6.45) is 3.71. The molecule has 182 valence electrons. The molecule has 3 aromatic rings. The Hall–Kier alpha value is -1.56. The SMILES string of the molecule is Cc1ccc(Cl)c2sc(N(CC3CCCO3)C(=O)C3CCCCN3S(=O)(=O)c3cccs3)nc12. The van der Waals surface area contributed by atoms with Crippen LogP contribution in [0.1, 0.15) is 37.7 Å². The van der Waals surface area contributed by atoms with Crippen LogP contribution >= 0.6 is 34.3 Å². The van der Waals surface area contributed by atoms with Crippen molar-refractivity contribution in [2.45, 2.75) is 55.4 Å². The first-order valence-electron chi connectivity index (χ1n) is 11.4. The van der Waals surface area contributed by atoms with Gasteiger partial charge >= 0.3 is 0 Å². The molecule has 0 saturated carbocycles. The van der Waals surface area contributed by atoms with E-state index in [4.69, 9.17) is 21.3 Å². The normalized spacial score (nSPS) is 21.8. The third kappa shape index (κ3) is 4.52. The number of carbonyl (C=O) groups excluding carboxylic acids is 1. The zero-order chi connectivity index (χ0) is 23.9. The number of hydrogen-bond acceptors (Lipinski definition) is 7. The molecule has 2 unspecified atom stereocenters. The number of hydrogen-bond donors (Lipinski definition) is 0. The molecule has 34 heavy (non-hydrogen) atoms. The van der Waals surface area contributed by atoms with Crippen LogP contribution < -0.4 is 4.90 Å². The number of sulfonamides is 1. The Morgan fingerprint density at radius 2 is 2.12 bits per heavy atom. The van der Waals surface area contributed by atoms with Gasteiger partial charge in [-0.15, -0.1) is 11.3 Å². The van der Waals surface area contributed by atoms with Gasteiger partial charge in [0, 0.05) is 13.2 Å². The molecule has 0 aliphatic carbocycles. The standard InChI is InChI=1S/C23H26ClN3O4S3/c1-15-9-10-17(24)21-20(15)25-23(33-21)26(14-16-6-4-12-31-16)22(28)18-7-2-3-11-27(18)34(29,30)19-8-5-13-32-19/h5,8-10,13,16,18H,2-4,6-7,11-12,14H2,1H3. The number of nitrogens with zero attached hydrogens (tertiary/aromatic N) is 3. The maximum atomic E-state index is 14.1. The highest BCUT2D eigenvalue weighted by Crippen LogP contribution is 2.37. The largest absolute Gasteiger partial charge is 0.376 e. The van der Waals surface area contributed by atoms with E-state index < -0.39 is 16.1 Å². The number of thiophene rings is 1. The van der Waals surface area contributed by atoms with Crippen LogP contribution in [-0.2, 0) is 19.6 Å². The van der Waals surface area contributed by atoms with Gasteiger partial charge in [-0.25, -0.2) is 13.4 Å². The Morgan fingerprint density at radius 1 is 1.26 bits per heavy atom. The van der Waals surface area contributed by atoms with E-state index in [9.17, 15) is 13.2 Å². The number of piperidine rings is 1. The monoisotopic (exact) mass is 539 g/mol. The third-order valence-corrected chi connectivity index (χ3v) is 11.2. The number of ether oxygens (including phenoxy) is 1. The number of halogens is 1. The van der Waals surface area contributed by atoms with Gasteiger partial charge in [-0.1, -0.05) is 41.5 Å². The van der Waals surface area contributed by atoms with Crippen molar-refractivity contribution in [1.29, 1.82) is 0 Å². The molecule has 0 spiro atoms. The van der Waals surface area contributed by atoms with Crippen molar-refractivity contribution in [1.82, 2.24) is 9.29 Å². The summed E-state index contributed by atoms with van der Waals surface area (Å²) in [4.78, 5) is 20.5. The minimum Gasteiger partial charge on any atom is -0.376 e. The van der Waals surface area contributed by atoms with Gasteiger partial charge in [-0.05, 0) is 55.7 Å². The molecule has 2 aliphatic heterocycles. The van der Waals surface area contributed by atoms with Crippen LogP contribution in [0.5, 0.6) is 0 Å². The minimum absolute atomic E-state index is 0.0986. The summed E-state index contributed by atoms with van der Waals surface area (Å²) in [5, 5.41) is 2.86. The van der Waals surface area contributed by atoms with E-state index in [1.54, 1.807) is 22.4 Å². The quantitative estimate of drug-likeness (QED) is 0.436. The van der Waals surface area contributed by atoms with Crippen molar-refractivity contribution >= 4 is 65.6 Å². The second-order valence-corrected chi connectivity index (χ2v) is 13.1. The molecule has 2 aliphatic rings. The predicted octanol–water partition coefficient (Wildman–Crippen LogP) is 5.08. The molecule has 2 atom stereocenters. The molecule has 2 aromatic heterocycles. The summed E-state index contributed by atoms with van der Waals surface area (Å²) in [6, 6.07) is 6.29. The van der Waals surface area contributed by atoms with Crippen molar-refractivity contribution < 1.29 is 17.9 Å². The van der Waals surface area contributed by atoms with Crippen molar-refractivity contribution in [3.05, 3.63) is 40.2 Å². The lowest BCUT2D eigenvalue weighted by atomic mass is 10.0. The Balaban J connectivity index is 1.53. The number of benzene rings is 1. The fourth-order valence-electron chi connectivity index (χ4n) is 4.61. The molecular formula is C23H26ClN3O4S3. The van der Waals surface area contributed by atoms with Crippen LogP contribution in [0, 0.1) is 6.92 Å². The molecule has 2 fully saturated rings. The zero-order valence-corrected chi connectivity index (χ0v) is 22.0. The van der Waals surface area contributed by atoms with Crippen LogP contribution in [0.4, 0.5) is 5.13 Å². The van der Waals surface area contributed by atoms with Crippen molar-refractivity contribution in [2.24, 2.45) is 0 Å². The summed E-state index contributed by atoms with van der Waals surface area (Å²) < 4.78 is 35.1. The number of carbonyl (C=O) groups is 1. The Bertz CT molecular complexity index is 1250. The molecule has 5 rings (SSSR count). The first-order chi connectivity index (χ1) is 16.4. The first kappa shape index (κ1) is 24.1. The average molecular weight is 540 g/mol. The number of thiazole rings is 1. The van der Waals surface area contributed by atoms with Gasteiger partial charge in [0.15, 0.2) is 5.13 Å². The summed E-state index contributed by atoms with van der Waals surface area (Å²) in [5.41, 5.74) is 1.75. The lowest BCUT2D eigenvalue weighted by molar-refractivity contribution is -0.123. The highest BCUT2D eigenvalue weighted by atomic mass is 35.5. The minimum atomic E-state index is -3.76. The van der Waals surface area contributed by atoms with Gasteiger partial charge < -0.3 is 4.74 Å². The van der Waals surface area contributed by atoms with E-state index in [2.05, 4.69) is 0 Å². The van der Waals surface area contributed by atoms with E-state index >= 15 is 0 Å². The number of aryl methyl sites for hydroxylation is 1. The van der Waals surface area contributed by atoms with Gasteiger partial charge in [0.25, 0.3) is 10.0 Å². The zero-order valence-electron chi connectivity index (χ0n) is 18.8. The Kier molecular flexibility index (Phi) is 6.98. The maximum Gasteiger partial charge on any atom is 0.253 e. The fourth-order valence-corrected chi connectivity index (χ4v) is 8.71. The topological polar surface area (TPSA) is 79.8 Å². The molecule has 0 bridgehead atoms. The second-order valence-electron chi connectivity index (χ2n) is 8.68. The van der Waals surface area contributed by atoms with Crippen molar-refractivity contribution in [2.75, 3.05) is 24.6 Å². The van der Waals surface area contributed by atoms with E-state index in [1.807, 2.05) is 19.1 Å². The van der Waals surface area contributed by atoms with E-state index in [1.165, 1.54) is 27.0 Å². The lowest BCUT2D eigenvalue weighted by Gasteiger charge is -2.36. The van der Waals surface area contributed by atoms with Crippen molar-refractivity contribution in [3.8, 4) is 0 Å². The summed E-state index contributed by atoms with van der Waals surface area (Å²) in [7, 11) is -3.76. The highest BCUT2D eigenvalue weighted by molar-refractivity contribution is 7.91. The molecule has 1 aromatic carbocycles. The van der Waals surface area contributed by atoms with Gasteiger partial charge in [0.2, 0.25) is 5.91 Å². The van der Waals surface area contributed by atoms with Crippen LogP contribution in [0.15, 0.2) is 33.9 Å². The number of anilines is 1. The second kappa shape index (κ2) is 9.83. The summed E-state index contributed by atoms with van der Waals surface area (Å²) in [6.45, 7) is 3.30. The molecular weight excluding hydrogens is 514 g/mol. The predicted molar refractivity (Wildman–Crippen MR) is 137 cm³/mol. The highest BCUT2D eigenvalue weighted by Gasteiger charge is 2.41. The maximum absolute atomic E-state index is 14.1. The molecule has 2 saturated heterocycles. The first-order valence-corrected chi connectivity index (χ1v) is 14.9. The number of rotatable bonds is 6. The molecule has 0 N–H and O–H groups in total. The summed E-state index contributed by atoms with van der Waals surface area (Å²) >= 11 is 8.99. The summed E-state index contributed by atoms with van der Waals surface area (Å²) in [5.74, 6) is -0.247. The Morgan fingerprint density at radius 3 is 2.82 bits per heavy atom. The van der Waals surface area contributed by atoms with Gasteiger partial charge in [0.05, 0.1) is 27.9 Å². The fraction of sp³-hybridized carbons (Fsp3) is 0.478. The Labute approximate surface area is 212 Å². The van der Waals surface area contributed by atoms with Crippen LogP contribution in [0.25, 0.3) is 10.2 Å². The molecule has 0 radical (unpaired) electrons. The van der Waals surface area contributed by atoms with E-state index in [0.29, 0.717) is 36.3 Å².